The van der Waals surface area contributed by atoms with Gasteiger partial charge in [-0.05, 0) is 44.7 Å². The van der Waals surface area contributed by atoms with Crippen molar-refractivity contribution >= 4 is 0 Å². The highest BCUT2D eigenvalue weighted by atomic mass is 16.3. The minimum Gasteiger partial charge on any atom is -0.393 e. The summed E-state index contributed by atoms with van der Waals surface area (Å²) in [6, 6.07) is 6.83. The van der Waals surface area contributed by atoms with E-state index in [0.29, 0.717) is 12.1 Å². The molecule has 1 aromatic heterocycles. The highest BCUT2D eigenvalue weighted by molar-refractivity contribution is 5.07. The maximum absolute atomic E-state index is 9.44. The molecule has 1 aliphatic carbocycles. The first-order chi connectivity index (χ1) is 7.75. The summed E-state index contributed by atoms with van der Waals surface area (Å²) in [7, 11) is 0. The summed E-state index contributed by atoms with van der Waals surface area (Å²) in [6.45, 7) is 2.15. The van der Waals surface area contributed by atoms with Crippen molar-refractivity contribution in [3.8, 4) is 0 Å². The molecule has 1 fully saturated rings. The monoisotopic (exact) mass is 220 g/mol. The molecule has 3 nitrogen and oxygen atoms in total. The quantitative estimate of drug-likeness (QED) is 0.819. The summed E-state index contributed by atoms with van der Waals surface area (Å²) in [5.74, 6) is 0. The Morgan fingerprint density at radius 3 is 2.69 bits per heavy atom. The number of aliphatic hydroxyl groups is 1. The second-order valence-corrected chi connectivity index (χ2v) is 4.65. The molecule has 2 N–H and O–H groups in total. The van der Waals surface area contributed by atoms with Crippen molar-refractivity contribution in [2.24, 2.45) is 0 Å². The first kappa shape index (κ1) is 11.6. The first-order valence-corrected chi connectivity index (χ1v) is 6.11. The van der Waals surface area contributed by atoms with Gasteiger partial charge in [-0.25, -0.2) is 0 Å². The van der Waals surface area contributed by atoms with Crippen molar-refractivity contribution in [2.45, 2.75) is 50.8 Å². The van der Waals surface area contributed by atoms with Gasteiger partial charge in [-0.15, -0.1) is 0 Å². The van der Waals surface area contributed by atoms with E-state index in [1.54, 1.807) is 0 Å². The van der Waals surface area contributed by atoms with Gasteiger partial charge in [0.1, 0.15) is 0 Å². The van der Waals surface area contributed by atoms with E-state index in [-0.39, 0.29) is 6.10 Å². The maximum Gasteiger partial charge on any atom is 0.0570 e. The third kappa shape index (κ3) is 3.03. The molecule has 1 heterocycles. The fourth-order valence-electron chi connectivity index (χ4n) is 2.31. The number of pyridine rings is 1. The Labute approximate surface area is 96.9 Å². The lowest BCUT2D eigenvalue weighted by Gasteiger charge is -2.28. The van der Waals surface area contributed by atoms with Gasteiger partial charge in [0.15, 0.2) is 0 Å². The van der Waals surface area contributed by atoms with Crippen LogP contribution in [0.25, 0.3) is 0 Å². The van der Waals surface area contributed by atoms with Gasteiger partial charge in [-0.1, -0.05) is 6.07 Å². The topological polar surface area (TPSA) is 45.1 Å². The zero-order valence-corrected chi connectivity index (χ0v) is 9.76. The Morgan fingerprint density at radius 2 is 2.06 bits per heavy atom. The highest BCUT2D eigenvalue weighted by Gasteiger charge is 2.20. The summed E-state index contributed by atoms with van der Waals surface area (Å²) in [6.07, 6.45) is 5.73. The molecular weight excluding hydrogens is 200 g/mol. The largest absolute Gasteiger partial charge is 0.393 e. The molecule has 0 spiro atoms. The number of hydrogen-bond acceptors (Lipinski definition) is 3. The molecule has 1 aromatic rings. The van der Waals surface area contributed by atoms with Gasteiger partial charge < -0.3 is 10.4 Å². The third-order valence-corrected chi connectivity index (χ3v) is 3.31. The molecule has 1 aliphatic rings. The van der Waals surface area contributed by atoms with E-state index in [2.05, 4.69) is 23.3 Å². The molecule has 0 saturated heterocycles. The summed E-state index contributed by atoms with van der Waals surface area (Å²) in [5.41, 5.74) is 1.09. The number of nitrogens with zero attached hydrogens (tertiary/aromatic N) is 1. The molecule has 3 heteroatoms. The average molecular weight is 220 g/mol. The third-order valence-electron chi connectivity index (χ3n) is 3.31. The normalized spacial score (nSPS) is 27.6. The number of aromatic nitrogens is 1. The van der Waals surface area contributed by atoms with Crippen LogP contribution in [0.4, 0.5) is 0 Å². The van der Waals surface area contributed by atoms with Gasteiger partial charge in [0, 0.05) is 18.3 Å². The molecule has 88 valence electrons. The van der Waals surface area contributed by atoms with E-state index in [1.165, 1.54) is 0 Å². The first-order valence-electron chi connectivity index (χ1n) is 6.11. The van der Waals surface area contributed by atoms with Gasteiger partial charge in [-0.3, -0.25) is 4.98 Å². The lowest BCUT2D eigenvalue weighted by molar-refractivity contribution is 0.114. The molecular formula is C13H20N2O. The van der Waals surface area contributed by atoms with Crippen LogP contribution >= 0.6 is 0 Å². The zero-order chi connectivity index (χ0) is 11.4. The molecule has 0 aromatic carbocycles. The van der Waals surface area contributed by atoms with Crippen LogP contribution in [-0.4, -0.2) is 22.2 Å². The molecule has 0 bridgehead atoms. The smallest absolute Gasteiger partial charge is 0.0570 e. The van der Waals surface area contributed by atoms with Crippen molar-refractivity contribution in [2.75, 3.05) is 0 Å². The maximum atomic E-state index is 9.44. The fourth-order valence-corrected chi connectivity index (χ4v) is 2.31. The number of rotatable bonds is 3. The van der Waals surface area contributed by atoms with Crippen LogP contribution in [0.2, 0.25) is 0 Å². The molecule has 0 radical (unpaired) electrons. The molecule has 0 unspecified atom stereocenters. The van der Waals surface area contributed by atoms with Gasteiger partial charge in [0.2, 0.25) is 0 Å². The summed E-state index contributed by atoms with van der Waals surface area (Å²) >= 11 is 0. The molecule has 0 aliphatic heterocycles. The summed E-state index contributed by atoms with van der Waals surface area (Å²) in [5, 5.41) is 13.0. The Hall–Kier alpha value is -0.930. The standard InChI is InChI=1S/C13H20N2O/c1-10(13-4-2-3-9-14-13)15-11-5-7-12(16)8-6-11/h2-4,9-12,15-16H,5-8H2,1H3/t10-,11?,12?/m1/s1. The van der Waals surface area contributed by atoms with Crippen LogP contribution < -0.4 is 5.32 Å². The lowest BCUT2D eigenvalue weighted by Crippen LogP contribution is -2.36. The second-order valence-electron chi connectivity index (χ2n) is 4.65. The summed E-state index contributed by atoms with van der Waals surface area (Å²) in [4.78, 5) is 4.35. The van der Waals surface area contributed by atoms with Gasteiger partial charge in [0.25, 0.3) is 0 Å². The van der Waals surface area contributed by atoms with Gasteiger partial charge >= 0.3 is 0 Å². The van der Waals surface area contributed by atoms with Crippen molar-refractivity contribution in [3.05, 3.63) is 30.1 Å². The predicted molar refractivity (Wildman–Crippen MR) is 64.1 cm³/mol. The van der Waals surface area contributed by atoms with Crippen LogP contribution in [-0.2, 0) is 0 Å². The van der Waals surface area contributed by atoms with Gasteiger partial charge in [0.05, 0.1) is 11.8 Å². The van der Waals surface area contributed by atoms with E-state index in [1.807, 2.05) is 18.3 Å². The van der Waals surface area contributed by atoms with Crippen molar-refractivity contribution in [3.63, 3.8) is 0 Å². The van der Waals surface area contributed by atoms with Crippen LogP contribution in [0.1, 0.15) is 44.3 Å². The summed E-state index contributed by atoms with van der Waals surface area (Å²) < 4.78 is 0. The van der Waals surface area contributed by atoms with E-state index < -0.39 is 0 Å². The van der Waals surface area contributed by atoms with Crippen molar-refractivity contribution < 1.29 is 5.11 Å². The lowest BCUT2D eigenvalue weighted by atomic mass is 9.92. The molecule has 1 saturated carbocycles. The van der Waals surface area contributed by atoms with Crippen LogP contribution in [0, 0.1) is 0 Å². The minimum absolute atomic E-state index is 0.0804. The molecule has 1 atom stereocenters. The van der Waals surface area contributed by atoms with Crippen molar-refractivity contribution in [1.29, 1.82) is 0 Å². The second kappa shape index (κ2) is 5.41. The molecule has 0 amide bonds. The highest BCUT2D eigenvalue weighted by Crippen LogP contribution is 2.21. The Bertz CT molecular complexity index is 307. The Kier molecular flexibility index (Phi) is 3.91. The molecule has 2 rings (SSSR count). The van der Waals surface area contributed by atoms with Crippen LogP contribution in [0.3, 0.4) is 0 Å². The van der Waals surface area contributed by atoms with Crippen molar-refractivity contribution in [1.82, 2.24) is 10.3 Å². The SMILES string of the molecule is C[C@@H](NC1CCC(O)CC1)c1ccccn1. The van der Waals surface area contributed by atoms with E-state index in [0.717, 1.165) is 31.4 Å². The number of aliphatic hydroxyl groups excluding tert-OH is 1. The van der Waals surface area contributed by atoms with E-state index in [4.69, 9.17) is 0 Å². The Balaban J connectivity index is 1.86. The van der Waals surface area contributed by atoms with Crippen LogP contribution in [0.15, 0.2) is 24.4 Å². The molecule has 16 heavy (non-hydrogen) atoms. The number of nitrogens with one attached hydrogen (secondary N) is 1. The minimum atomic E-state index is -0.0804. The average Bonchev–Trinajstić information content (AvgIpc) is 2.33. The number of hydrogen-bond donors (Lipinski definition) is 2. The zero-order valence-electron chi connectivity index (χ0n) is 9.76. The van der Waals surface area contributed by atoms with Crippen LogP contribution in [0.5, 0.6) is 0 Å². The van der Waals surface area contributed by atoms with Gasteiger partial charge in [-0.2, -0.15) is 0 Å². The fraction of sp³-hybridized carbons (Fsp3) is 0.615. The van der Waals surface area contributed by atoms with E-state index in [9.17, 15) is 5.11 Å². The Morgan fingerprint density at radius 1 is 1.31 bits per heavy atom. The predicted octanol–water partition coefficient (Wildman–Crippen LogP) is 2.04. The van der Waals surface area contributed by atoms with E-state index >= 15 is 0 Å².